The van der Waals surface area contributed by atoms with E-state index in [1.165, 1.54) is 0 Å². The molecule has 1 aliphatic heterocycles. The molecule has 1 amide bonds. The minimum Gasteiger partial charge on any atom is -0.491 e. The van der Waals surface area contributed by atoms with Gasteiger partial charge in [-0.25, -0.2) is 8.78 Å². The van der Waals surface area contributed by atoms with Crippen LogP contribution in [0.25, 0.3) is 0 Å². The molecule has 1 aromatic rings. The van der Waals surface area contributed by atoms with Crippen molar-refractivity contribution in [2.75, 3.05) is 19.7 Å². The van der Waals surface area contributed by atoms with Crippen LogP contribution in [0.5, 0.6) is 5.75 Å². The number of rotatable bonds is 4. The van der Waals surface area contributed by atoms with Crippen LogP contribution in [0, 0.1) is 17.3 Å². The number of halogens is 2. The van der Waals surface area contributed by atoms with Gasteiger partial charge in [-0.15, -0.1) is 0 Å². The van der Waals surface area contributed by atoms with Gasteiger partial charge in [0.2, 0.25) is 11.8 Å². The van der Waals surface area contributed by atoms with E-state index in [0.29, 0.717) is 25.6 Å². The van der Waals surface area contributed by atoms with Crippen molar-refractivity contribution < 1.29 is 18.3 Å². The number of likely N-dealkylation sites (tertiary alicyclic amines) is 1. The molecule has 2 saturated carbocycles. The predicted octanol–water partition coefficient (Wildman–Crippen LogP) is 3.13. The molecule has 3 fully saturated rings. The zero-order valence-corrected chi connectivity index (χ0v) is 13.6. The molecule has 2 aliphatic carbocycles. The van der Waals surface area contributed by atoms with Crippen LogP contribution in [0.4, 0.5) is 8.78 Å². The quantitative estimate of drug-likeness (QED) is 0.848. The summed E-state index contributed by atoms with van der Waals surface area (Å²) in [6.45, 7) is 1.89. The fraction of sp³-hybridized carbons (Fsp3) is 0.667. The Morgan fingerprint density at radius 1 is 1.42 bits per heavy atom. The van der Waals surface area contributed by atoms with E-state index in [0.717, 1.165) is 25.0 Å². The third-order valence-electron chi connectivity index (χ3n) is 5.95. The van der Waals surface area contributed by atoms with Crippen molar-refractivity contribution in [1.29, 1.82) is 0 Å². The maximum absolute atomic E-state index is 13.1. The highest BCUT2D eigenvalue weighted by molar-refractivity contribution is 5.80. The van der Waals surface area contributed by atoms with Gasteiger partial charge >= 0.3 is 0 Å². The average Bonchev–Trinajstić information content (AvgIpc) is 3.08. The molecular weight excluding hydrogens is 314 g/mol. The number of fused-ring (bicyclic) bond motifs is 1. The molecule has 0 spiro atoms. The summed E-state index contributed by atoms with van der Waals surface area (Å²) in [5.74, 6) is -2.07. The second-order valence-corrected chi connectivity index (χ2v) is 7.61. The van der Waals surface area contributed by atoms with Crippen LogP contribution in [0.3, 0.4) is 0 Å². The molecule has 4 rings (SSSR count). The minimum atomic E-state index is -2.64. The highest BCUT2D eigenvalue weighted by Crippen LogP contribution is 2.50. The maximum Gasteiger partial charge on any atom is 0.249 e. The number of alkyl halides is 2. The van der Waals surface area contributed by atoms with Crippen molar-refractivity contribution in [3.05, 3.63) is 24.5 Å². The lowest BCUT2D eigenvalue weighted by Gasteiger charge is -2.36. The van der Waals surface area contributed by atoms with Crippen LogP contribution in [0.1, 0.15) is 32.1 Å². The van der Waals surface area contributed by atoms with Crippen molar-refractivity contribution in [3.8, 4) is 5.75 Å². The van der Waals surface area contributed by atoms with E-state index in [4.69, 9.17) is 4.74 Å². The summed E-state index contributed by atoms with van der Waals surface area (Å²) < 4.78 is 32.0. The van der Waals surface area contributed by atoms with Gasteiger partial charge in [-0.05, 0) is 30.9 Å². The first-order valence-electron chi connectivity index (χ1n) is 8.67. The molecule has 0 radical (unpaired) electrons. The first kappa shape index (κ1) is 15.8. The first-order chi connectivity index (χ1) is 11.5. The lowest BCUT2D eigenvalue weighted by molar-refractivity contribution is -0.159. The molecule has 1 saturated heterocycles. The molecular formula is C18H22F2N2O2. The lowest BCUT2D eigenvalue weighted by atomic mass is 9.80. The molecule has 2 atom stereocenters. The first-order valence-corrected chi connectivity index (χ1v) is 8.67. The summed E-state index contributed by atoms with van der Waals surface area (Å²) in [4.78, 5) is 18.4. The normalized spacial score (nSPS) is 31.6. The third-order valence-corrected chi connectivity index (χ3v) is 5.95. The summed E-state index contributed by atoms with van der Waals surface area (Å²) >= 11 is 0. The average molecular weight is 336 g/mol. The van der Waals surface area contributed by atoms with E-state index < -0.39 is 11.8 Å². The van der Waals surface area contributed by atoms with Crippen LogP contribution in [0.2, 0.25) is 0 Å². The van der Waals surface area contributed by atoms with Gasteiger partial charge in [0.05, 0.1) is 12.8 Å². The number of carbonyl (C=O) groups is 1. The Hall–Kier alpha value is -1.72. The molecule has 2 heterocycles. The third kappa shape index (κ3) is 2.76. The molecule has 3 aliphatic rings. The van der Waals surface area contributed by atoms with Gasteiger partial charge in [-0.3, -0.25) is 9.78 Å². The van der Waals surface area contributed by atoms with E-state index >= 15 is 0 Å². The van der Waals surface area contributed by atoms with Crippen molar-refractivity contribution in [3.63, 3.8) is 0 Å². The summed E-state index contributed by atoms with van der Waals surface area (Å²) in [7, 11) is 0. The largest absolute Gasteiger partial charge is 0.491 e. The molecule has 1 aromatic heterocycles. The van der Waals surface area contributed by atoms with Gasteiger partial charge in [0.15, 0.2) is 0 Å². The highest BCUT2D eigenvalue weighted by Gasteiger charge is 2.55. The molecule has 130 valence electrons. The Labute approximate surface area is 140 Å². The number of hydrogen-bond donors (Lipinski definition) is 0. The van der Waals surface area contributed by atoms with E-state index in [9.17, 15) is 13.6 Å². The summed E-state index contributed by atoms with van der Waals surface area (Å²) in [5.41, 5.74) is -0.0300. The zero-order chi connectivity index (χ0) is 16.8. The van der Waals surface area contributed by atoms with Crippen molar-refractivity contribution in [2.24, 2.45) is 17.3 Å². The molecule has 4 nitrogen and oxygen atoms in total. The fourth-order valence-corrected chi connectivity index (χ4v) is 4.57. The summed E-state index contributed by atoms with van der Waals surface area (Å²) in [5, 5.41) is 0. The van der Waals surface area contributed by atoms with Gasteiger partial charge in [-0.1, -0.05) is 6.42 Å². The second kappa shape index (κ2) is 5.67. The number of aromatic nitrogens is 1. The number of nitrogens with zero attached hydrogens (tertiary/aromatic N) is 2. The smallest absolute Gasteiger partial charge is 0.249 e. The number of pyridine rings is 1. The van der Waals surface area contributed by atoms with E-state index in [1.807, 2.05) is 17.0 Å². The van der Waals surface area contributed by atoms with Crippen molar-refractivity contribution >= 4 is 5.91 Å². The molecule has 0 N–H and O–H groups in total. The fourth-order valence-electron chi connectivity index (χ4n) is 4.57. The minimum absolute atomic E-state index is 0.0300. The molecule has 0 bridgehead atoms. The van der Waals surface area contributed by atoms with Crippen LogP contribution < -0.4 is 4.74 Å². The summed E-state index contributed by atoms with van der Waals surface area (Å²) in [6.07, 6.45) is 6.08. The van der Waals surface area contributed by atoms with Crippen LogP contribution in [-0.2, 0) is 4.79 Å². The van der Waals surface area contributed by atoms with E-state index in [-0.39, 0.29) is 24.2 Å². The Kier molecular flexibility index (Phi) is 3.73. The van der Waals surface area contributed by atoms with Gasteiger partial charge in [0, 0.05) is 43.5 Å². The highest BCUT2D eigenvalue weighted by atomic mass is 19.3. The monoisotopic (exact) mass is 336 g/mol. The van der Waals surface area contributed by atoms with Gasteiger partial charge in [0.1, 0.15) is 5.75 Å². The Balaban J connectivity index is 1.40. The molecule has 0 unspecified atom stereocenters. The number of ether oxygens (including phenoxy) is 1. The topological polar surface area (TPSA) is 42.4 Å². The zero-order valence-electron chi connectivity index (χ0n) is 13.6. The second-order valence-electron chi connectivity index (χ2n) is 7.61. The standard InChI is InChI=1S/C18H22F2N2O2/c19-18(20)7-13(8-18)16(23)22-10-14-3-1-5-17(14,11-22)12-24-15-4-2-6-21-9-15/h2,4,6,9,13-14H,1,3,5,7-8,10-12H2/t14-,17+/m0/s1. The van der Waals surface area contributed by atoms with Crippen molar-refractivity contribution in [2.45, 2.75) is 38.0 Å². The van der Waals surface area contributed by atoms with Crippen LogP contribution in [0.15, 0.2) is 24.5 Å². The molecule has 24 heavy (non-hydrogen) atoms. The van der Waals surface area contributed by atoms with Crippen LogP contribution >= 0.6 is 0 Å². The predicted molar refractivity (Wildman–Crippen MR) is 83.8 cm³/mol. The van der Waals surface area contributed by atoms with Gasteiger partial charge in [0.25, 0.3) is 0 Å². The Morgan fingerprint density at radius 2 is 2.25 bits per heavy atom. The van der Waals surface area contributed by atoms with Gasteiger partial charge < -0.3 is 9.64 Å². The van der Waals surface area contributed by atoms with Crippen molar-refractivity contribution in [1.82, 2.24) is 9.88 Å². The lowest BCUT2D eigenvalue weighted by Crippen LogP contribution is -2.47. The molecule has 6 heteroatoms. The number of carbonyl (C=O) groups excluding carboxylic acids is 1. The number of hydrogen-bond acceptors (Lipinski definition) is 3. The summed E-state index contributed by atoms with van der Waals surface area (Å²) in [6, 6.07) is 3.71. The number of amides is 1. The molecule has 0 aromatic carbocycles. The van der Waals surface area contributed by atoms with E-state index in [2.05, 4.69) is 4.98 Å². The van der Waals surface area contributed by atoms with E-state index in [1.54, 1.807) is 12.4 Å². The SMILES string of the molecule is O=C(C1CC(F)(F)C1)N1C[C@@H]2CCC[C@]2(COc2cccnc2)C1. The Morgan fingerprint density at radius 3 is 2.96 bits per heavy atom. The van der Waals surface area contributed by atoms with Gasteiger partial charge in [-0.2, -0.15) is 0 Å². The van der Waals surface area contributed by atoms with Crippen LogP contribution in [-0.4, -0.2) is 41.4 Å². The Bertz CT molecular complexity index is 617. The maximum atomic E-state index is 13.1.